The summed E-state index contributed by atoms with van der Waals surface area (Å²) in [6, 6.07) is 7.76. The van der Waals surface area contributed by atoms with E-state index in [-0.39, 0.29) is 11.7 Å². The first-order chi connectivity index (χ1) is 9.72. The third kappa shape index (κ3) is 3.61. The minimum absolute atomic E-state index is 0.0270. The highest BCUT2D eigenvalue weighted by molar-refractivity contribution is 6.01. The molecule has 0 saturated carbocycles. The van der Waals surface area contributed by atoms with E-state index in [1.54, 1.807) is 0 Å². The first kappa shape index (κ1) is 14.1. The van der Waals surface area contributed by atoms with Gasteiger partial charge in [-0.25, -0.2) is 0 Å². The molecule has 0 fully saturated rings. The van der Waals surface area contributed by atoms with Gasteiger partial charge in [0.1, 0.15) is 0 Å². The lowest BCUT2D eigenvalue weighted by atomic mass is 10.2. The fourth-order valence-corrected chi connectivity index (χ4v) is 1.90. The highest BCUT2D eigenvalue weighted by Gasteiger charge is 2.11. The lowest BCUT2D eigenvalue weighted by Crippen LogP contribution is -2.22. The number of hydrogen-bond donors (Lipinski definition) is 2. The Balaban J connectivity index is 2.04. The number of tetrazole rings is 1. The Hall–Kier alpha value is -2.28. The van der Waals surface area contributed by atoms with Gasteiger partial charge in [-0.1, -0.05) is 26.0 Å². The summed E-state index contributed by atoms with van der Waals surface area (Å²) >= 11 is 0. The highest BCUT2D eigenvalue weighted by Crippen LogP contribution is 2.13. The molecule has 1 aromatic carbocycles. The molecule has 1 heterocycles. The Morgan fingerprint density at radius 3 is 2.80 bits per heavy atom. The fraction of sp³-hybridized carbons (Fsp3) is 0.385. The molecule has 0 unspecified atom stereocenters. The lowest BCUT2D eigenvalue weighted by molar-refractivity contribution is 0.101. The average molecular weight is 274 g/mol. The molecule has 2 N–H and O–H groups in total. The van der Waals surface area contributed by atoms with Gasteiger partial charge in [-0.05, 0) is 36.0 Å². The van der Waals surface area contributed by atoms with Crippen molar-refractivity contribution in [3.63, 3.8) is 0 Å². The SMILES string of the molecule is CCN(CC)Cc1cccc(NC(=O)c2nn[nH]n2)c1. The second-order valence-corrected chi connectivity index (χ2v) is 4.35. The molecule has 0 spiro atoms. The first-order valence-corrected chi connectivity index (χ1v) is 6.59. The minimum Gasteiger partial charge on any atom is -0.319 e. The Kier molecular flexibility index (Phi) is 4.78. The normalized spacial score (nSPS) is 10.8. The molecular formula is C13H18N6O. The predicted molar refractivity (Wildman–Crippen MR) is 75.2 cm³/mol. The van der Waals surface area contributed by atoms with Crippen LogP contribution in [0, 0.1) is 0 Å². The van der Waals surface area contributed by atoms with Gasteiger partial charge < -0.3 is 5.32 Å². The van der Waals surface area contributed by atoms with Crippen molar-refractivity contribution < 1.29 is 4.79 Å². The number of hydrogen-bond acceptors (Lipinski definition) is 5. The van der Waals surface area contributed by atoms with E-state index in [1.807, 2.05) is 24.3 Å². The van der Waals surface area contributed by atoms with Gasteiger partial charge in [0.25, 0.3) is 11.7 Å². The van der Waals surface area contributed by atoms with E-state index in [9.17, 15) is 4.79 Å². The summed E-state index contributed by atoms with van der Waals surface area (Å²) in [5, 5.41) is 15.6. The Morgan fingerprint density at radius 1 is 1.35 bits per heavy atom. The molecule has 1 aromatic heterocycles. The highest BCUT2D eigenvalue weighted by atomic mass is 16.2. The van der Waals surface area contributed by atoms with Crippen molar-refractivity contribution in [2.45, 2.75) is 20.4 Å². The molecule has 0 bridgehead atoms. The minimum atomic E-state index is -0.376. The molecular weight excluding hydrogens is 256 g/mol. The van der Waals surface area contributed by atoms with Crippen LogP contribution in [0.15, 0.2) is 24.3 Å². The van der Waals surface area contributed by atoms with Gasteiger partial charge in [-0.2, -0.15) is 5.21 Å². The fourth-order valence-electron chi connectivity index (χ4n) is 1.90. The van der Waals surface area contributed by atoms with E-state index >= 15 is 0 Å². The number of H-pyrrole nitrogens is 1. The molecule has 0 aliphatic rings. The third-order valence-electron chi connectivity index (χ3n) is 3.03. The van der Waals surface area contributed by atoms with Crippen molar-refractivity contribution in [2.24, 2.45) is 0 Å². The number of aromatic amines is 1. The van der Waals surface area contributed by atoms with Crippen LogP contribution in [0.4, 0.5) is 5.69 Å². The average Bonchev–Trinajstić information content (AvgIpc) is 2.99. The summed E-state index contributed by atoms with van der Waals surface area (Å²) in [5.41, 5.74) is 1.88. The molecule has 0 saturated heterocycles. The molecule has 7 heteroatoms. The van der Waals surface area contributed by atoms with E-state index in [1.165, 1.54) is 0 Å². The van der Waals surface area contributed by atoms with Crippen molar-refractivity contribution in [1.29, 1.82) is 0 Å². The zero-order chi connectivity index (χ0) is 14.4. The number of nitrogens with zero attached hydrogens (tertiary/aromatic N) is 4. The van der Waals surface area contributed by atoms with Gasteiger partial charge in [0.15, 0.2) is 0 Å². The van der Waals surface area contributed by atoms with Gasteiger partial charge in [0.05, 0.1) is 0 Å². The van der Waals surface area contributed by atoms with Crippen LogP contribution in [0.1, 0.15) is 30.0 Å². The van der Waals surface area contributed by atoms with E-state index < -0.39 is 0 Å². The molecule has 0 aliphatic heterocycles. The largest absolute Gasteiger partial charge is 0.319 e. The first-order valence-electron chi connectivity index (χ1n) is 6.59. The smallest absolute Gasteiger partial charge is 0.297 e. The maximum atomic E-state index is 11.8. The number of aromatic nitrogens is 4. The Labute approximate surface area is 117 Å². The van der Waals surface area contributed by atoms with E-state index in [2.05, 4.69) is 44.7 Å². The molecule has 106 valence electrons. The van der Waals surface area contributed by atoms with Crippen molar-refractivity contribution in [3.8, 4) is 0 Å². The summed E-state index contributed by atoms with van der Waals surface area (Å²) < 4.78 is 0. The Morgan fingerprint density at radius 2 is 2.15 bits per heavy atom. The number of anilines is 1. The van der Waals surface area contributed by atoms with Gasteiger partial charge >= 0.3 is 0 Å². The number of carbonyl (C=O) groups excluding carboxylic acids is 1. The molecule has 0 atom stereocenters. The summed E-state index contributed by atoms with van der Waals surface area (Å²) in [5.74, 6) is -0.349. The predicted octanol–water partition coefficient (Wildman–Crippen LogP) is 1.29. The third-order valence-corrected chi connectivity index (χ3v) is 3.03. The van der Waals surface area contributed by atoms with E-state index in [0.29, 0.717) is 0 Å². The van der Waals surface area contributed by atoms with Gasteiger partial charge in [0.2, 0.25) is 0 Å². The molecule has 7 nitrogen and oxygen atoms in total. The van der Waals surface area contributed by atoms with Gasteiger partial charge in [0, 0.05) is 12.2 Å². The molecule has 0 aliphatic carbocycles. The van der Waals surface area contributed by atoms with Crippen molar-refractivity contribution in [3.05, 3.63) is 35.7 Å². The number of rotatable bonds is 6. The molecule has 2 rings (SSSR count). The lowest BCUT2D eigenvalue weighted by Gasteiger charge is -2.18. The number of benzene rings is 1. The van der Waals surface area contributed by atoms with Gasteiger partial charge in [-0.3, -0.25) is 9.69 Å². The van der Waals surface area contributed by atoms with E-state index in [4.69, 9.17) is 0 Å². The number of amides is 1. The summed E-state index contributed by atoms with van der Waals surface area (Å²) in [4.78, 5) is 14.1. The van der Waals surface area contributed by atoms with Gasteiger partial charge in [-0.15, -0.1) is 10.2 Å². The zero-order valence-corrected chi connectivity index (χ0v) is 11.6. The second-order valence-electron chi connectivity index (χ2n) is 4.35. The summed E-state index contributed by atoms with van der Waals surface area (Å²) in [6.45, 7) is 7.11. The zero-order valence-electron chi connectivity index (χ0n) is 11.6. The molecule has 2 aromatic rings. The molecule has 20 heavy (non-hydrogen) atoms. The maximum Gasteiger partial charge on any atom is 0.297 e. The van der Waals surface area contributed by atoms with Crippen LogP contribution in [0.3, 0.4) is 0 Å². The van der Waals surface area contributed by atoms with Crippen LogP contribution in [0.25, 0.3) is 0 Å². The Bertz CT molecular complexity index is 550. The van der Waals surface area contributed by atoms with Crippen LogP contribution in [0.5, 0.6) is 0 Å². The van der Waals surface area contributed by atoms with Crippen LogP contribution in [0.2, 0.25) is 0 Å². The van der Waals surface area contributed by atoms with E-state index in [0.717, 1.165) is 30.9 Å². The quantitative estimate of drug-likeness (QED) is 0.829. The standard InChI is InChI=1S/C13H18N6O/c1-3-19(4-2)9-10-6-5-7-11(8-10)14-13(20)12-15-17-18-16-12/h5-8H,3-4,9H2,1-2H3,(H,14,20)(H,15,16,17,18). The molecule has 1 amide bonds. The molecule has 0 radical (unpaired) electrons. The van der Waals surface area contributed by atoms with Crippen molar-refractivity contribution >= 4 is 11.6 Å². The van der Waals surface area contributed by atoms with Crippen molar-refractivity contribution in [1.82, 2.24) is 25.5 Å². The summed E-state index contributed by atoms with van der Waals surface area (Å²) in [6.07, 6.45) is 0. The number of nitrogens with one attached hydrogen (secondary N) is 2. The van der Waals surface area contributed by atoms with Crippen LogP contribution in [-0.4, -0.2) is 44.5 Å². The maximum absolute atomic E-state index is 11.8. The van der Waals surface area contributed by atoms with Crippen LogP contribution >= 0.6 is 0 Å². The topological polar surface area (TPSA) is 86.8 Å². The van der Waals surface area contributed by atoms with Crippen LogP contribution < -0.4 is 5.32 Å². The summed E-state index contributed by atoms with van der Waals surface area (Å²) in [7, 11) is 0. The van der Waals surface area contributed by atoms with Crippen LogP contribution in [-0.2, 0) is 6.54 Å². The van der Waals surface area contributed by atoms with Crippen molar-refractivity contribution in [2.75, 3.05) is 18.4 Å². The number of carbonyl (C=O) groups is 1. The monoisotopic (exact) mass is 274 g/mol. The second kappa shape index (κ2) is 6.76.